The molecule has 2 heteroatoms. The summed E-state index contributed by atoms with van der Waals surface area (Å²) in [5.41, 5.74) is 6.54. The number of allylic oxidation sites excluding steroid dienone is 2. The molecule has 0 atom stereocenters. The van der Waals surface area contributed by atoms with Crippen molar-refractivity contribution >= 4 is 5.57 Å². The van der Waals surface area contributed by atoms with E-state index >= 15 is 0 Å². The Labute approximate surface area is 113 Å². The molecule has 1 heterocycles. The minimum atomic E-state index is 0.348. The maximum Gasteiger partial charge on any atom is 0.116 e. The van der Waals surface area contributed by atoms with E-state index in [1.165, 1.54) is 27.8 Å². The molecule has 0 amide bonds. The Hall–Kier alpha value is -2.09. The van der Waals surface area contributed by atoms with Crippen molar-refractivity contribution in [2.75, 3.05) is 0 Å². The van der Waals surface area contributed by atoms with Crippen molar-refractivity contribution < 1.29 is 5.11 Å². The van der Waals surface area contributed by atoms with E-state index in [1.807, 2.05) is 24.4 Å². The van der Waals surface area contributed by atoms with Gasteiger partial charge in [0.25, 0.3) is 0 Å². The molecule has 1 aliphatic rings. The summed E-state index contributed by atoms with van der Waals surface area (Å²) in [5, 5.41) is 9.65. The molecular formula is C17H17NO. The van der Waals surface area contributed by atoms with E-state index in [4.69, 9.17) is 0 Å². The second-order valence-corrected chi connectivity index (χ2v) is 5.11. The van der Waals surface area contributed by atoms with Gasteiger partial charge >= 0.3 is 0 Å². The van der Waals surface area contributed by atoms with Gasteiger partial charge in [0.15, 0.2) is 0 Å². The molecule has 0 aliphatic heterocycles. The Bertz CT molecular complexity index is 629. The summed E-state index contributed by atoms with van der Waals surface area (Å²) in [5.74, 6) is 0.348. The van der Waals surface area contributed by atoms with Gasteiger partial charge in [-0.1, -0.05) is 17.7 Å². The molecule has 1 aliphatic carbocycles. The van der Waals surface area contributed by atoms with Gasteiger partial charge in [-0.2, -0.15) is 0 Å². The van der Waals surface area contributed by atoms with Gasteiger partial charge in [0.05, 0.1) is 0 Å². The van der Waals surface area contributed by atoms with Gasteiger partial charge in [0, 0.05) is 12.4 Å². The SMILES string of the molecule is CC1=C(Cc2cccnc2)CCc2ccc(O)cc21. The molecular weight excluding hydrogens is 234 g/mol. The van der Waals surface area contributed by atoms with Crippen molar-refractivity contribution in [3.8, 4) is 5.75 Å². The number of nitrogens with zero attached hydrogens (tertiary/aromatic N) is 1. The summed E-state index contributed by atoms with van der Waals surface area (Å²) in [7, 11) is 0. The molecule has 0 radical (unpaired) electrons. The summed E-state index contributed by atoms with van der Waals surface area (Å²) >= 11 is 0. The highest BCUT2D eigenvalue weighted by atomic mass is 16.3. The Kier molecular flexibility index (Phi) is 3.08. The molecule has 0 bridgehead atoms. The van der Waals surface area contributed by atoms with E-state index < -0.39 is 0 Å². The smallest absolute Gasteiger partial charge is 0.116 e. The quantitative estimate of drug-likeness (QED) is 0.881. The monoisotopic (exact) mass is 251 g/mol. The number of aromatic nitrogens is 1. The van der Waals surface area contributed by atoms with Crippen LogP contribution < -0.4 is 0 Å². The number of hydrogen-bond acceptors (Lipinski definition) is 2. The van der Waals surface area contributed by atoms with Gasteiger partial charge in [0.2, 0.25) is 0 Å². The van der Waals surface area contributed by atoms with E-state index in [-0.39, 0.29) is 0 Å². The molecule has 1 aromatic carbocycles. The zero-order valence-corrected chi connectivity index (χ0v) is 11.1. The van der Waals surface area contributed by atoms with Crippen molar-refractivity contribution in [3.63, 3.8) is 0 Å². The Morgan fingerprint density at radius 3 is 2.89 bits per heavy atom. The van der Waals surface area contributed by atoms with Crippen LogP contribution in [0.15, 0.2) is 48.3 Å². The van der Waals surface area contributed by atoms with Crippen molar-refractivity contribution in [3.05, 3.63) is 65.0 Å². The molecule has 0 spiro atoms. The van der Waals surface area contributed by atoms with E-state index in [2.05, 4.69) is 18.0 Å². The fourth-order valence-electron chi connectivity index (χ4n) is 2.77. The molecule has 0 saturated carbocycles. The van der Waals surface area contributed by atoms with Crippen LogP contribution in [0.3, 0.4) is 0 Å². The van der Waals surface area contributed by atoms with Crippen LogP contribution in [0.1, 0.15) is 30.0 Å². The minimum Gasteiger partial charge on any atom is -0.508 e. The predicted molar refractivity (Wildman–Crippen MR) is 77.0 cm³/mol. The first-order chi connectivity index (χ1) is 9.24. The first kappa shape index (κ1) is 12.0. The Morgan fingerprint density at radius 1 is 1.21 bits per heavy atom. The molecule has 0 unspecified atom stereocenters. The maximum atomic E-state index is 9.65. The van der Waals surface area contributed by atoms with Crippen LogP contribution in [0.5, 0.6) is 5.75 Å². The molecule has 0 fully saturated rings. The number of rotatable bonds is 2. The average molecular weight is 251 g/mol. The van der Waals surface area contributed by atoms with Gasteiger partial charge in [-0.15, -0.1) is 0 Å². The van der Waals surface area contributed by atoms with Crippen LogP contribution in [0.4, 0.5) is 0 Å². The average Bonchev–Trinajstić information content (AvgIpc) is 2.44. The Morgan fingerprint density at radius 2 is 2.11 bits per heavy atom. The van der Waals surface area contributed by atoms with E-state index in [1.54, 1.807) is 12.3 Å². The van der Waals surface area contributed by atoms with E-state index in [0.29, 0.717) is 5.75 Å². The van der Waals surface area contributed by atoms with Crippen LogP contribution in [-0.2, 0) is 12.8 Å². The second kappa shape index (κ2) is 4.88. The lowest BCUT2D eigenvalue weighted by Crippen LogP contribution is -2.05. The van der Waals surface area contributed by atoms with E-state index in [0.717, 1.165) is 19.3 Å². The van der Waals surface area contributed by atoms with Crippen LogP contribution in [-0.4, -0.2) is 10.1 Å². The first-order valence-electron chi connectivity index (χ1n) is 6.64. The third kappa shape index (κ3) is 2.39. The third-order valence-corrected chi connectivity index (χ3v) is 3.86. The largest absolute Gasteiger partial charge is 0.508 e. The van der Waals surface area contributed by atoms with Crippen molar-refractivity contribution in [2.24, 2.45) is 0 Å². The molecule has 3 rings (SSSR count). The summed E-state index contributed by atoms with van der Waals surface area (Å²) in [6.07, 6.45) is 6.84. The van der Waals surface area contributed by atoms with Crippen molar-refractivity contribution in [2.45, 2.75) is 26.2 Å². The zero-order valence-electron chi connectivity index (χ0n) is 11.1. The molecule has 1 aromatic heterocycles. The number of benzene rings is 1. The summed E-state index contributed by atoms with van der Waals surface area (Å²) in [6.45, 7) is 2.16. The van der Waals surface area contributed by atoms with Crippen molar-refractivity contribution in [1.29, 1.82) is 0 Å². The standard InChI is InChI=1S/C17H17NO/c1-12-15(9-13-3-2-8-18-11-13)5-4-14-6-7-16(19)10-17(12)14/h2-3,6-8,10-11,19H,4-5,9H2,1H3. The van der Waals surface area contributed by atoms with Crippen LogP contribution in [0.25, 0.3) is 5.57 Å². The predicted octanol–water partition coefficient (Wildman–Crippen LogP) is 3.75. The number of hydrogen-bond donors (Lipinski definition) is 1. The van der Waals surface area contributed by atoms with Crippen LogP contribution in [0, 0.1) is 0 Å². The summed E-state index contributed by atoms with van der Waals surface area (Å²) in [6, 6.07) is 9.79. The maximum absolute atomic E-state index is 9.65. The lowest BCUT2D eigenvalue weighted by Gasteiger charge is -2.21. The van der Waals surface area contributed by atoms with Gasteiger partial charge in [-0.05, 0) is 66.6 Å². The summed E-state index contributed by atoms with van der Waals surface area (Å²) < 4.78 is 0. The Balaban J connectivity index is 1.96. The molecule has 0 saturated heterocycles. The second-order valence-electron chi connectivity index (χ2n) is 5.11. The highest BCUT2D eigenvalue weighted by Gasteiger charge is 2.16. The lowest BCUT2D eigenvalue weighted by atomic mass is 9.84. The molecule has 1 N–H and O–H groups in total. The van der Waals surface area contributed by atoms with Gasteiger partial charge in [0.1, 0.15) is 5.75 Å². The highest BCUT2D eigenvalue weighted by Crippen LogP contribution is 2.34. The molecule has 2 nitrogen and oxygen atoms in total. The van der Waals surface area contributed by atoms with Gasteiger partial charge in [-0.3, -0.25) is 4.98 Å². The number of aryl methyl sites for hydroxylation is 1. The fourth-order valence-corrected chi connectivity index (χ4v) is 2.77. The minimum absolute atomic E-state index is 0.348. The topological polar surface area (TPSA) is 33.1 Å². The van der Waals surface area contributed by atoms with Crippen molar-refractivity contribution in [1.82, 2.24) is 4.98 Å². The lowest BCUT2D eigenvalue weighted by molar-refractivity contribution is 0.474. The van der Waals surface area contributed by atoms with E-state index in [9.17, 15) is 5.11 Å². The number of aromatic hydroxyl groups is 1. The normalized spacial score (nSPS) is 14.4. The highest BCUT2D eigenvalue weighted by molar-refractivity contribution is 5.73. The van der Waals surface area contributed by atoms with Gasteiger partial charge < -0.3 is 5.11 Å². The molecule has 19 heavy (non-hydrogen) atoms. The van der Waals surface area contributed by atoms with Gasteiger partial charge in [-0.25, -0.2) is 0 Å². The first-order valence-corrected chi connectivity index (χ1v) is 6.64. The third-order valence-electron chi connectivity index (χ3n) is 3.86. The number of phenolic OH excluding ortho intramolecular Hbond substituents is 1. The summed E-state index contributed by atoms with van der Waals surface area (Å²) in [4.78, 5) is 4.17. The number of fused-ring (bicyclic) bond motifs is 1. The zero-order chi connectivity index (χ0) is 13.2. The van der Waals surface area contributed by atoms with Crippen LogP contribution in [0.2, 0.25) is 0 Å². The number of pyridine rings is 1. The fraction of sp³-hybridized carbons (Fsp3) is 0.235. The number of phenols is 1. The molecule has 2 aromatic rings. The molecule has 96 valence electrons. The van der Waals surface area contributed by atoms with Crippen LogP contribution >= 0.6 is 0 Å².